The Labute approximate surface area is 99.7 Å². The highest BCUT2D eigenvalue weighted by molar-refractivity contribution is 6.81. The van der Waals surface area contributed by atoms with E-state index in [2.05, 4.69) is 12.2 Å². The molecule has 0 aromatic heterocycles. The number of nitrogens with one attached hydrogen (secondary N) is 2. The van der Waals surface area contributed by atoms with Crippen LogP contribution in [-0.2, 0) is 9.31 Å². The third-order valence-corrected chi connectivity index (χ3v) is 2.96. The van der Waals surface area contributed by atoms with Gasteiger partial charge in [0.15, 0.2) is 0 Å². The van der Waals surface area contributed by atoms with Crippen LogP contribution in [0.15, 0.2) is 0 Å². The number of rotatable bonds is 2. The summed E-state index contributed by atoms with van der Waals surface area (Å²) < 4.78 is 11.2. The highest BCUT2D eigenvalue weighted by Gasteiger charge is 2.51. The molecule has 0 unspecified atom stereocenters. The van der Waals surface area contributed by atoms with Crippen molar-refractivity contribution < 1.29 is 9.31 Å². The third-order valence-electron chi connectivity index (χ3n) is 2.96. The molecular weight excluding hydrogens is 203 g/mol. The van der Waals surface area contributed by atoms with Crippen molar-refractivity contribution in [2.24, 2.45) is 0 Å². The second-order valence-corrected chi connectivity index (χ2v) is 4.98. The first-order valence-electron chi connectivity index (χ1n) is 5.73. The van der Waals surface area contributed by atoms with Crippen molar-refractivity contribution in [3.05, 3.63) is 0 Å². The first-order valence-corrected chi connectivity index (χ1v) is 5.73. The van der Waals surface area contributed by atoms with Crippen LogP contribution in [-0.4, -0.2) is 37.5 Å². The van der Waals surface area contributed by atoms with E-state index in [0.717, 1.165) is 6.54 Å². The summed E-state index contributed by atoms with van der Waals surface area (Å²) in [6.45, 7) is 12.8. The van der Waals surface area contributed by atoms with Crippen LogP contribution in [0.4, 0.5) is 0 Å². The quantitative estimate of drug-likeness (QED) is 0.560. The van der Waals surface area contributed by atoms with Crippen molar-refractivity contribution in [2.45, 2.75) is 52.7 Å². The summed E-state index contributed by atoms with van der Waals surface area (Å²) in [7, 11) is 1.47. The van der Waals surface area contributed by atoms with Crippen molar-refractivity contribution in [3.8, 4) is 0 Å². The molecule has 16 heavy (non-hydrogen) atoms. The monoisotopic (exact) mass is 228 g/mol. The van der Waals surface area contributed by atoms with E-state index in [0.29, 0.717) is 5.61 Å². The lowest BCUT2D eigenvalue weighted by Crippen LogP contribution is -2.41. The van der Waals surface area contributed by atoms with Gasteiger partial charge >= 0.3 is 7.12 Å². The van der Waals surface area contributed by atoms with Gasteiger partial charge < -0.3 is 20.0 Å². The molecule has 1 saturated heterocycles. The van der Waals surface area contributed by atoms with Crippen molar-refractivity contribution in [1.29, 1.82) is 5.41 Å². The average molecular weight is 228 g/mol. The molecule has 5 heteroatoms. The summed E-state index contributed by atoms with van der Waals surface area (Å²) in [6.07, 6.45) is 0. The van der Waals surface area contributed by atoms with E-state index < -0.39 is 7.12 Å². The third kappa shape index (κ3) is 3.89. The van der Waals surface area contributed by atoms with E-state index in [1.54, 1.807) is 6.92 Å². The van der Waals surface area contributed by atoms with Gasteiger partial charge in [-0.25, -0.2) is 0 Å². The molecule has 0 amide bonds. The van der Waals surface area contributed by atoms with E-state index in [-0.39, 0.29) is 11.2 Å². The molecule has 0 aromatic rings. The van der Waals surface area contributed by atoms with Gasteiger partial charge in [0.2, 0.25) is 0 Å². The van der Waals surface area contributed by atoms with E-state index in [1.165, 1.54) is 0 Å². The summed E-state index contributed by atoms with van der Waals surface area (Å²) in [5.74, 6) is 0. The molecular formula is C11H25BN2O2. The fourth-order valence-electron chi connectivity index (χ4n) is 1.02. The fraction of sp³-hybridized carbons (Fsp3) is 0.909. The molecule has 0 spiro atoms. The highest BCUT2D eigenvalue weighted by Crippen LogP contribution is 2.36. The Bertz CT molecular complexity index is 224. The molecule has 1 fully saturated rings. The van der Waals surface area contributed by atoms with Gasteiger partial charge in [-0.15, -0.1) is 0 Å². The van der Waals surface area contributed by atoms with Gasteiger partial charge in [-0.05, 0) is 48.2 Å². The van der Waals surface area contributed by atoms with Crippen LogP contribution in [0.5, 0.6) is 0 Å². The fourth-order valence-corrected chi connectivity index (χ4v) is 1.02. The van der Waals surface area contributed by atoms with Gasteiger partial charge in [0.05, 0.1) is 11.2 Å². The number of hydrogen-bond acceptors (Lipinski definition) is 4. The zero-order chi connectivity index (χ0) is 13.0. The largest absolute Gasteiger partial charge is 0.509 e. The van der Waals surface area contributed by atoms with Gasteiger partial charge in [0.1, 0.15) is 0 Å². The van der Waals surface area contributed by atoms with Gasteiger partial charge in [-0.2, -0.15) is 0 Å². The lowest BCUT2D eigenvalue weighted by Gasteiger charge is -2.32. The maximum absolute atomic E-state index is 7.39. The van der Waals surface area contributed by atoms with Gasteiger partial charge in [0, 0.05) is 5.61 Å². The minimum atomic E-state index is -0.463. The first kappa shape index (κ1) is 15.6. The van der Waals surface area contributed by atoms with Crippen LogP contribution < -0.4 is 5.32 Å². The summed E-state index contributed by atoms with van der Waals surface area (Å²) in [6, 6.07) is 0. The van der Waals surface area contributed by atoms with Gasteiger partial charge in [-0.1, -0.05) is 6.92 Å². The van der Waals surface area contributed by atoms with E-state index in [1.807, 2.05) is 34.7 Å². The van der Waals surface area contributed by atoms with Crippen LogP contribution in [0.25, 0.3) is 0 Å². The molecule has 1 heterocycles. The van der Waals surface area contributed by atoms with Crippen molar-refractivity contribution >= 4 is 12.7 Å². The van der Waals surface area contributed by atoms with Gasteiger partial charge in [0.25, 0.3) is 0 Å². The van der Waals surface area contributed by atoms with E-state index in [9.17, 15) is 0 Å². The standard InChI is InChI=1S/C8H16BNO2.C3H9N/c1-6(10)9-11-7(2,3)8(4,5)12-9;1-3-4-2/h10H,1-5H3;4H,3H2,1-2H3. The van der Waals surface area contributed by atoms with E-state index in [4.69, 9.17) is 14.7 Å². The maximum atomic E-state index is 7.39. The Morgan fingerprint density at radius 3 is 1.62 bits per heavy atom. The van der Waals surface area contributed by atoms with Gasteiger partial charge in [-0.3, -0.25) is 0 Å². The molecule has 0 atom stereocenters. The SMILES string of the molecule is CC(=N)B1OC(C)(C)C(C)(C)O1.CCNC. The summed E-state index contributed by atoms with van der Waals surface area (Å²) >= 11 is 0. The smallest absolute Gasteiger partial charge is 0.399 e. The van der Waals surface area contributed by atoms with Crippen LogP contribution in [0.1, 0.15) is 41.5 Å². The molecule has 0 aromatic carbocycles. The second-order valence-electron chi connectivity index (χ2n) is 4.98. The lowest BCUT2D eigenvalue weighted by atomic mass is 9.84. The van der Waals surface area contributed by atoms with Crippen LogP contribution >= 0.6 is 0 Å². The molecule has 94 valence electrons. The Hall–Kier alpha value is -0.385. The average Bonchev–Trinajstić information content (AvgIpc) is 2.37. The Balaban J connectivity index is 0.000000487. The predicted molar refractivity (Wildman–Crippen MR) is 69.1 cm³/mol. The highest BCUT2D eigenvalue weighted by atomic mass is 16.7. The zero-order valence-electron chi connectivity index (χ0n) is 11.6. The summed E-state index contributed by atoms with van der Waals surface area (Å²) in [5.41, 5.74) is -0.214. The lowest BCUT2D eigenvalue weighted by molar-refractivity contribution is 0.00578. The Morgan fingerprint density at radius 1 is 1.19 bits per heavy atom. The molecule has 0 radical (unpaired) electrons. The molecule has 0 aliphatic carbocycles. The summed E-state index contributed by atoms with van der Waals surface area (Å²) in [4.78, 5) is 0. The molecule has 0 saturated carbocycles. The van der Waals surface area contributed by atoms with E-state index >= 15 is 0 Å². The van der Waals surface area contributed by atoms with Crippen LogP contribution in [0.2, 0.25) is 0 Å². The van der Waals surface area contributed by atoms with Crippen LogP contribution in [0, 0.1) is 5.41 Å². The van der Waals surface area contributed by atoms with Crippen molar-refractivity contribution in [2.75, 3.05) is 13.6 Å². The molecule has 1 aliphatic heterocycles. The zero-order valence-corrected chi connectivity index (χ0v) is 11.6. The second kappa shape index (κ2) is 5.80. The topological polar surface area (TPSA) is 54.3 Å². The molecule has 1 aliphatic rings. The number of hydrogen-bond donors (Lipinski definition) is 2. The predicted octanol–water partition coefficient (Wildman–Crippen LogP) is 1.88. The molecule has 0 bridgehead atoms. The Morgan fingerprint density at radius 2 is 1.50 bits per heavy atom. The normalized spacial score (nSPS) is 21.3. The molecule has 2 N–H and O–H groups in total. The first-order chi connectivity index (χ1) is 7.18. The minimum Gasteiger partial charge on any atom is -0.399 e. The molecule has 1 rings (SSSR count). The molecule has 4 nitrogen and oxygen atoms in total. The minimum absolute atomic E-state index is 0.319. The van der Waals surface area contributed by atoms with Crippen molar-refractivity contribution in [3.63, 3.8) is 0 Å². The Kier molecular flexibility index (Phi) is 5.66. The summed E-state index contributed by atoms with van der Waals surface area (Å²) in [5, 5.41) is 10.3. The van der Waals surface area contributed by atoms with Crippen LogP contribution in [0.3, 0.4) is 0 Å². The maximum Gasteiger partial charge on any atom is 0.509 e. The van der Waals surface area contributed by atoms with Crippen molar-refractivity contribution in [1.82, 2.24) is 5.32 Å².